The molecular weight excluding hydrogens is 295 g/mol. The molecule has 3 rings (SSSR count). The Hall–Kier alpha value is -2.24. The van der Waals surface area contributed by atoms with E-state index in [1.54, 1.807) is 12.1 Å². The number of anilines is 1. The van der Waals surface area contributed by atoms with Gasteiger partial charge in [0.05, 0.1) is 13.2 Å². The number of nitrogens with one attached hydrogen (secondary N) is 2. The third kappa shape index (κ3) is 3.94. The second-order valence-corrected chi connectivity index (χ2v) is 5.61. The Labute approximate surface area is 134 Å². The average molecular weight is 315 g/mol. The molecule has 2 aromatic rings. The van der Waals surface area contributed by atoms with Gasteiger partial charge in [-0.3, -0.25) is 4.79 Å². The summed E-state index contributed by atoms with van der Waals surface area (Å²) in [6, 6.07) is 15.3. The van der Waals surface area contributed by atoms with E-state index < -0.39 is 0 Å². The molecule has 0 aromatic heterocycles. The van der Waals surface area contributed by atoms with Gasteiger partial charge in [0.2, 0.25) is 0 Å². The van der Waals surface area contributed by atoms with Crippen molar-refractivity contribution >= 4 is 11.6 Å². The molecule has 23 heavy (non-hydrogen) atoms. The van der Waals surface area contributed by atoms with Crippen molar-refractivity contribution in [3.05, 3.63) is 66.0 Å². The zero-order valence-corrected chi connectivity index (χ0v) is 12.8. The number of carbonyl (C=O) groups is 1. The monoisotopic (exact) mass is 315 g/mol. The highest BCUT2D eigenvalue weighted by molar-refractivity contribution is 5.94. The van der Waals surface area contributed by atoms with Gasteiger partial charge in [0.1, 0.15) is 18.9 Å². The Balaban J connectivity index is 1.83. The van der Waals surface area contributed by atoms with Crippen molar-refractivity contribution in [2.24, 2.45) is 0 Å². The van der Waals surface area contributed by atoms with Crippen molar-refractivity contribution < 1.29 is 18.8 Å². The van der Waals surface area contributed by atoms with Crippen LogP contribution in [0.2, 0.25) is 0 Å². The molecule has 1 aliphatic heterocycles. The standard InChI is InChI=1S/C18H19FN2O2/c19-15-7-4-8-16(13-15)20-18(22)17(14-5-2-1-3-6-14)21-9-11-23-12-10-21/h1-8,13,17H,9-12H2,(H,20,22)/p+1/t17-/m1/s1. The van der Waals surface area contributed by atoms with E-state index >= 15 is 0 Å². The SMILES string of the molecule is O=C(Nc1cccc(F)c1)[C@@H](c1ccccc1)[NH+]1CCOCC1. The van der Waals surface area contributed by atoms with Gasteiger partial charge in [-0.1, -0.05) is 36.4 Å². The number of quaternary nitrogens is 1. The zero-order chi connectivity index (χ0) is 16.1. The molecule has 0 saturated carbocycles. The molecule has 2 N–H and O–H groups in total. The Bertz CT molecular complexity index is 657. The quantitative estimate of drug-likeness (QED) is 0.896. The lowest BCUT2D eigenvalue weighted by molar-refractivity contribution is -0.929. The highest BCUT2D eigenvalue weighted by Crippen LogP contribution is 2.15. The molecule has 1 atom stereocenters. The van der Waals surface area contributed by atoms with E-state index in [1.165, 1.54) is 12.1 Å². The molecule has 1 aliphatic rings. The van der Waals surface area contributed by atoms with Crippen molar-refractivity contribution in [1.29, 1.82) is 0 Å². The highest BCUT2D eigenvalue weighted by Gasteiger charge is 2.32. The van der Waals surface area contributed by atoms with E-state index in [9.17, 15) is 9.18 Å². The van der Waals surface area contributed by atoms with Crippen LogP contribution in [0.25, 0.3) is 0 Å². The molecule has 1 fully saturated rings. The van der Waals surface area contributed by atoms with Crippen LogP contribution in [0.1, 0.15) is 11.6 Å². The van der Waals surface area contributed by atoms with Crippen LogP contribution in [0.3, 0.4) is 0 Å². The number of hydrogen-bond donors (Lipinski definition) is 2. The summed E-state index contributed by atoms with van der Waals surface area (Å²) in [4.78, 5) is 14.0. The molecule has 5 heteroatoms. The van der Waals surface area contributed by atoms with Crippen LogP contribution in [0.4, 0.5) is 10.1 Å². The third-order valence-corrected chi connectivity index (χ3v) is 4.03. The summed E-state index contributed by atoms with van der Waals surface area (Å²) in [6.07, 6.45) is 0. The van der Waals surface area contributed by atoms with Crippen molar-refractivity contribution in [2.45, 2.75) is 6.04 Å². The van der Waals surface area contributed by atoms with E-state index in [4.69, 9.17) is 4.74 Å². The predicted molar refractivity (Wildman–Crippen MR) is 85.7 cm³/mol. The minimum absolute atomic E-state index is 0.126. The lowest BCUT2D eigenvalue weighted by Crippen LogP contribution is -3.15. The number of amides is 1. The number of halogens is 1. The lowest BCUT2D eigenvalue weighted by Gasteiger charge is -2.30. The molecule has 1 saturated heterocycles. The lowest BCUT2D eigenvalue weighted by atomic mass is 10.0. The molecular formula is C18H20FN2O2+. The van der Waals surface area contributed by atoms with Crippen molar-refractivity contribution in [3.8, 4) is 0 Å². The van der Waals surface area contributed by atoms with Gasteiger partial charge in [0, 0.05) is 11.3 Å². The van der Waals surface area contributed by atoms with Crippen LogP contribution in [-0.4, -0.2) is 32.2 Å². The molecule has 0 aliphatic carbocycles. The Kier molecular flexibility index (Phi) is 5.00. The van der Waals surface area contributed by atoms with Gasteiger partial charge in [-0.05, 0) is 18.2 Å². The van der Waals surface area contributed by atoms with E-state index in [2.05, 4.69) is 5.32 Å². The highest BCUT2D eigenvalue weighted by atomic mass is 19.1. The van der Waals surface area contributed by atoms with E-state index in [0.717, 1.165) is 23.6 Å². The second-order valence-electron chi connectivity index (χ2n) is 5.61. The molecule has 120 valence electrons. The summed E-state index contributed by atoms with van der Waals surface area (Å²) in [5, 5.41) is 2.84. The molecule has 1 amide bonds. The Morgan fingerprint density at radius 3 is 2.52 bits per heavy atom. The second kappa shape index (κ2) is 7.35. The number of rotatable bonds is 4. The molecule has 4 nitrogen and oxygen atoms in total. The van der Waals surface area contributed by atoms with Crippen molar-refractivity contribution in [1.82, 2.24) is 0 Å². The summed E-state index contributed by atoms with van der Waals surface area (Å²) in [7, 11) is 0. The third-order valence-electron chi connectivity index (χ3n) is 4.03. The first-order valence-corrected chi connectivity index (χ1v) is 7.78. The number of carbonyl (C=O) groups excluding carboxylic acids is 1. The van der Waals surface area contributed by atoms with E-state index in [-0.39, 0.29) is 17.8 Å². The summed E-state index contributed by atoms with van der Waals surface area (Å²) in [6.45, 7) is 2.84. The molecule has 0 unspecified atom stereocenters. The molecule has 0 bridgehead atoms. The fraction of sp³-hybridized carbons (Fsp3) is 0.278. The first-order valence-electron chi connectivity index (χ1n) is 7.78. The summed E-state index contributed by atoms with van der Waals surface area (Å²) in [5.74, 6) is -0.489. The summed E-state index contributed by atoms with van der Waals surface area (Å²) < 4.78 is 18.7. The van der Waals surface area contributed by atoms with Gasteiger partial charge >= 0.3 is 0 Å². The molecule has 1 heterocycles. The zero-order valence-electron chi connectivity index (χ0n) is 12.8. The van der Waals surface area contributed by atoms with Gasteiger partial charge < -0.3 is 15.0 Å². The van der Waals surface area contributed by atoms with Gasteiger partial charge in [0.25, 0.3) is 5.91 Å². The Morgan fingerprint density at radius 2 is 1.83 bits per heavy atom. The van der Waals surface area contributed by atoms with Crippen LogP contribution < -0.4 is 10.2 Å². The van der Waals surface area contributed by atoms with Crippen molar-refractivity contribution in [3.63, 3.8) is 0 Å². The summed E-state index contributed by atoms with van der Waals surface area (Å²) in [5.41, 5.74) is 1.43. The smallest absolute Gasteiger partial charge is 0.287 e. The molecule has 0 spiro atoms. The van der Waals surface area contributed by atoms with Crippen LogP contribution in [0, 0.1) is 5.82 Å². The molecule has 2 aromatic carbocycles. The number of morpholine rings is 1. The fourth-order valence-corrected chi connectivity index (χ4v) is 2.92. The van der Waals surface area contributed by atoms with Gasteiger partial charge in [-0.25, -0.2) is 4.39 Å². The maximum atomic E-state index is 13.3. The van der Waals surface area contributed by atoms with Gasteiger partial charge in [0.15, 0.2) is 6.04 Å². The minimum atomic E-state index is -0.363. The van der Waals surface area contributed by atoms with Gasteiger partial charge in [-0.2, -0.15) is 0 Å². The first-order chi connectivity index (χ1) is 11.2. The number of benzene rings is 2. The first kappa shape index (κ1) is 15.6. The maximum absolute atomic E-state index is 13.3. The van der Waals surface area contributed by atoms with E-state index in [1.807, 2.05) is 30.3 Å². The number of ether oxygens (including phenoxy) is 1. The topological polar surface area (TPSA) is 42.8 Å². The number of hydrogen-bond acceptors (Lipinski definition) is 2. The van der Waals surface area contributed by atoms with Crippen LogP contribution in [-0.2, 0) is 9.53 Å². The van der Waals surface area contributed by atoms with Crippen LogP contribution in [0.5, 0.6) is 0 Å². The van der Waals surface area contributed by atoms with Crippen LogP contribution in [0.15, 0.2) is 54.6 Å². The van der Waals surface area contributed by atoms with Crippen molar-refractivity contribution in [2.75, 3.05) is 31.6 Å². The largest absolute Gasteiger partial charge is 0.370 e. The maximum Gasteiger partial charge on any atom is 0.287 e. The fourth-order valence-electron chi connectivity index (χ4n) is 2.92. The molecule has 0 radical (unpaired) electrons. The minimum Gasteiger partial charge on any atom is -0.370 e. The predicted octanol–water partition coefficient (Wildman–Crippen LogP) is 1.42. The van der Waals surface area contributed by atoms with Crippen LogP contribution >= 0.6 is 0 Å². The average Bonchev–Trinajstić information content (AvgIpc) is 2.57. The van der Waals surface area contributed by atoms with Gasteiger partial charge in [-0.15, -0.1) is 0 Å². The van der Waals surface area contributed by atoms with E-state index in [0.29, 0.717) is 18.9 Å². The normalized spacial score (nSPS) is 16.7. The Morgan fingerprint density at radius 1 is 1.09 bits per heavy atom. The summed E-state index contributed by atoms with van der Waals surface area (Å²) >= 11 is 0.